The van der Waals surface area contributed by atoms with Gasteiger partial charge < -0.3 is 16.0 Å². The Kier molecular flexibility index (Phi) is 7.48. The Balaban J connectivity index is 2.46. The van der Waals surface area contributed by atoms with E-state index < -0.39 is 5.82 Å². The van der Waals surface area contributed by atoms with Crippen LogP contribution in [0.4, 0.5) is 4.39 Å². The van der Waals surface area contributed by atoms with Crippen LogP contribution in [0.15, 0.2) is 23.2 Å². The highest BCUT2D eigenvalue weighted by molar-refractivity contribution is 5.94. The second-order valence-corrected chi connectivity index (χ2v) is 4.54. The summed E-state index contributed by atoms with van der Waals surface area (Å²) in [5.41, 5.74) is 0.806. The zero-order valence-corrected chi connectivity index (χ0v) is 12.9. The van der Waals surface area contributed by atoms with Crippen molar-refractivity contribution in [3.8, 4) is 12.3 Å². The molecule has 6 heteroatoms. The van der Waals surface area contributed by atoms with E-state index in [1.165, 1.54) is 6.07 Å². The van der Waals surface area contributed by atoms with E-state index >= 15 is 0 Å². The monoisotopic (exact) mass is 304 g/mol. The molecule has 0 bridgehead atoms. The van der Waals surface area contributed by atoms with Crippen LogP contribution >= 0.6 is 0 Å². The third-order valence-corrected chi connectivity index (χ3v) is 2.80. The molecule has 1 rings (SSSR count). The van der Waals surface area contributed by atoms with Gasteiger partial charge in [-0.3, -0.25) is 9.79 Å². The fraction of sp³-hybridized carbons (Fsp3) is 0.375. The number of aliphatic imine (C=N–C) groups is 1. The first-order valence-electron chi connectivity index (χ1n) is 7.08. The lowest BCUT2D eigenvalue weighted by atomic mass is 10.1. The van der Waals surface area contributed by atoms with Crippen molar-refractivity contribution in [3.63, 3.8) is 0 Å². The van der Waals surface area contributed by atoms with Crippen molar-refractivity contribution < 1.29 is 9.18 Å². The summed E-state index contributed by atoms with van der Waals surface area (Å²) < 4.78 is 13.4. The van der Waals surface area contributed by atoms with Gasteiger partial charge in [-0.25, -0.2) is 4.39 Å². The molecule has 0 aliphatic carbocycles. The van der Waals surface area contributed by atoms with E-state index in [9.17, 15) is 9.18 Å². The van der Waals surface area contributed by atoms with Gasteiger partial charge in [0.15, 0.2) is 5.96 Å². The average Bonchev–Trinajstić information content (AvgIpc) is 2.51. The zero-order chi connectivity index (χ0) is 16.4. The average molecular weight is 304 g/mol. The summed E-state index contributed by atoms with van der Waals surface area (Å²) in [7, 11) is 0. The van der Waals surface area contributed by atoms with Crippen LogP contribution in [0, 0.1) is 25.1 Å². The number of carbonyl (C=O) groups excluding carboxylic acids is 1. The van der Waals surface area contributed by atoms with Gasteiger partial charge in [0.2, 0.25) is 0 Å². The van der Waals surface area contributed by atoms with E-state index in [4.69, 9.17) is 6.42 Å². The molecule has 0 aromatic heterocycles. The number of benzene rings is 1. The predicted octanol–water partition coefficient (Wildman–Crippen LogP) is 1.05. The van der Waals surface area contributed by atoms with Crippen molar-refractivity contribution in [3.05, 3.63) is 35.1 Å². The highest BCUT2D eigenvalue weighted by Crippen LogP contribution is 2.08. The lowest BCUT2D eigenvalue weighted by Crippen LogP contribution is -2.38. The molecule has 0 aliphatic heterocycles. The Bertz CT molecular complexity index is 578. The van der Waals surface area contributed by atoms with E-state index in [2.05, 4.69) is 26.9 Å². The molecule has 118 valence electrons. The van der Waals surface area contributed by atoms with Crippen molar-refractivity contribution in [2.75, 3.05) is 26.2 Å². The van der Waals surface area contributed by atoms with Crippen LogP contribution in [-0.2, 0) is 0 Å². The minimum absolute atomic E-state index is 0.296. The fourth-order valence-electron chi connectivity index (χ4n) is 1.65. The molecule has 0 radical (unpaired) electrons. The number of carbonyl (C=O) groups is 1. The van der Waals surface area contributed by atoms with Gasteiger partial charge in [-0.2, -0.15) is 0 Å². The molecule has 5 nitrogen and oxygen atoms in total. The maximum Gasteiger partial charge on any atom is 0.251 e. The minimum Gasteiger partial charge on any atom is -0.357 e. The molecule has 0 fully saturated rings. The molecule has 0 atom stereocenters. The number of guanidine groups is 1. The normalized spacial score (nSPS) is 10.7. The molecule has 1 amide bonds. The maximum absolute atomic E-state index is 13.4. The van der Waals surface area contributed by atoms with Crippen LogP contribution in [0.3, 0.4) is 0 Å². The first-order valence-corrected chi connectivity index (χ1v) is 7.08. The van der Waals surface area contributed by atoms with Crippen molar-refractivity contribution in [2.45, 2.75) is 13.8 Å². The van der Waals surface area contributed by atoms with E-state index in [1.807, 2.05) is 6.92 Å². The molecule has 22 heavy (non-hydrogen) atoms. The second-order valence-electron chi connectivity index (χ2n) is 4.54. The summed E-state index contributed by atoms with van der Waals surface area (Å²) in [4.78, 5) is 16.1. The molecule has 0 unspecified atom stereocenters. The van der Waals surface area contributed by atoms with Gasteiger partial charge in [0.1, 0.15) is 5.82 Å². The molecule has 0 heterocycles. The van der Waals surface area contributed by atoms with Crippen molar-refractivity contribution in [2.24, 2.45) is 4.99 Å². The van der Waals surface area contributed by atoms with Gasteiger partial charge >= 0.3 is 0 Å². The maximum atomic E-state index is 13.4. The van der Waals surface area contributed by atoms with Crippen molar-refractivity contribution in [1.82, 2.24) is 16.0 Å². The molecular weight excluding hydrogens is 283 g/mol. The Labute approximate surface area is 130 Å². The third-order valence-electron chi connectivity index (χ3n) is 2.80. The zero-order valence-electron chi connectivity index (χ0n) is 12.9. The summed E-state index contributed by atoms with van der Waals surface area (Å²) in [6, 6.07) is 4.40. The lowest BCUT2D eigenvalue weighted by molar-refractivity contribution is 0.0954. The number of nitrogens with one attached hydrogen (secondary N) is 3. The quantitative estimate of drug-likeness (QED) is 0.319. The summed E-state index contributed by atoms with van der Waals surface area (Å²) in [6.45, 7) is 5.42. The first kappa shape index (κ1) is 17.5. The predicted molar refractivity (Wildman–Crippen MR) is 86.3 cm³/mol. The summed E-state index contributed by atoms with van der Waals surface area (Å²) in [5, 5.41) is 8.67. The summed E-state index contributed by atoms with van der Waals surface area (Å²) >= 11 is 0. The van der Waals surface area contributed by atoms with Gasteiger partial charge in [0.05, 0.1) is 13.1 Å². The molecule has 0 aliphatic rings. The summed E-state index contributed by atoms with van der Waals surface area (Å²) in [6.07, 6.45) is 5.17. The molecular formula is C16H21FN4O. The van der Waals surface area contributed by atoms with Gasteiger partial charge in [-0.15, -0.1) is 6.42 Å². The smallest absolute Gasteiger partial charge is 0.251 e. The van der Waals surface area contributed by atoms with Crippen LogP contribution < -0.4 is 16.0 Å². The van der Waals surface area contributed by atoms with Crippen LogP contribution in [0.1, 0.15) is 22.8 Å². The molecule has 1 aromatic rings. The highest BCUT2D eigenvalue weighted by Gasteiger charge is 2.07. The Morgan fingerprint density at radius 2 is 2.14 bits per heavy atom. The third kappa shape index (κ3) is 5.83. The van der Waals surface area contributed by atoms with Crippen LogP contribution in [-0.4, -0.2) is 38.0 Å². The second kappa shape index (κ2) is 9.40. The molecule has 0 saturated carbocycles. The topological polar surface area (TPSA) is 65.5 Å². The Morgan fingerprint density at radius 1 is 1.36 bits per heavy atom. The highest BCUT2D eigenvalue weighted by atomic mass is 19.1. The molecule has 3 N–H and O–H groups in total. The minimum atomic E-state index is -0.390. The van der Waals surface area contributed by atoms with E-state index in [1.54, 1.807) is 19.1 Å². The number of nitrogens with zero attached hydrogens (tertiary/aromatic N) is 1. The number of terminal acetylenes is 1. The van der Waals surface area contributed by atoms with Gasteiger partial charge in [-0.05, 0) is 31.5 Å². The number of hydrogen-bond acceptors (Lipinski definition) is 2. The van der Waals surface area contributed by atoms with E-state index in [-0.39, 0.29) is 5.91 Å². The molecule has 0 spiro atoms. The van der Waals surface area contributed by atoms with Crippen molar-refractivity contribution >= 4 is 11.9 Å². The Hall–Kier alpha value is -2.55. The number of hydrogen-bond donors (Lipinski definition) is 3. The van der Waals surface area contributed by atoms with Gasteiger partial charge in [0, 0.05) is 18.7 Å². The van der Waals surface area contributed by atoms with Crippen LogP contribution in [0.2, 0.25) is 0 Å². The van der Waals surface area contributed by atoms with Crippen LogP contribution in [0.25, 0.3) is 0 Å². The first-order chi connectivity index (χ1) is 10.6. The lowest BCUT2D eigenvalue weighted by Gasteiger charge is -2.09. The van der Waals surface area contributed by atoms with Crippen molar-refractivity contribution in [1.29, 1.82) is 0 Å². The summed E-state index contributed by atoms with van der Waals surface area (Å²) in [5.74, 6) is 2.34. The van der Waals surface area contributed by atoms with E-state index in [0.29, 0.717) is 43.3 Å². The molecule has 1 aromatic carbocycles. The van der Waals surface area contributed by atoms with Crippen LogP contribution in [0.5, 0.6) is 0 Å². The fourth-order valence-corrected chi connectivity index (χ4v) is 1.65. The van der Waals surface area contributed by atoms with Gasteiger partial charge in [0.25, 0.3) is 5.91 Å². The standard InChI is InChI=1S/C16H21FN4O/c1-4-8-20-16(18-5-2)21-10-9-19-15(22)13-7-6-12(3)14(17)11-13/h1,6-7,11H,5,8-10H2,2-3H3,(H,19,22)(H2,18,20,21). The SMILES string of the molecule is C#CCNC(=NCCNC(=O)c1ccc(C)c(F)c1)NCC. The number of rotatable bonds is 6. The Morgan fingerprint density at radius 3 is 2.77 bits per heavy atom. The number of halogens is 1. The van der Waals surface area contributed by atoms with E-state index in [0.717, 1.165) is 0 Å². The number of amides is 1. The molecule has 0 saturated heterocycles. The van der Waals surface area contributed by atoms with Gasteiger partial charge in [-0.1, -0.05) is 12.0 Å². The largest absolute Gasteiger partial charge is 0.357 e. The number of aryl methyl sites for hydroxylation is 1.